The van der Waals surface area contributed by atoms with E-state index in [4.69, 9.17) is 5.11 Å². The number of rotatable bonds is 5. The zero-order valence-electron chi connectivity index (χ0n) is 8.39. The van der Waals surface area contributed by atoms with Gasteiger partial charge in [-0.3, -0.25) is 4.79 Å². The summed E-state index contributed by atoms with van der Waals surface area (Å²) in [5.74, 6) is -1.13. The van der Waals surface area contributed by atoms with Gasteiger partial charge in [0.25, 0.3) is 0 Å². The molecule has 15 heavy (non-hydrogen) atoms. The number of ether oxygens (including phenoxy) is 1. The maximum absolute atomic E-state index is 11.1. The molecule has 0 fully saturated rings. The number of carboxylic acids is 1. The fourth-order valence-corrected chi connectivity index (χ4v) is 1.69. The molecule has 0 aromatic carbocycles. The van der Waals surface area contributed by atoms with Gasteiger partial charge >= 0.3 is 12.1 Å². The van der Waals surface area contributed by atoms with Gasteiger partial charge in [0.15, 0.2) is 9.84 Å². The van der Waals surface area contributed by atoms with E-state index in [0.717, 1.165) is 13.4 Å². The van der Waals surface area contributed by atoms with E-state index in [1.807, 2.05) is 5.32 Å². The van der Waals surface area contributed by atoms with Crippen LogP contribution in [0.15, 0.2) is 0 Å². The van der Waals surface area contributed by atoms with E-state index in [0.29, 0.717) is 0 Å². The second-order valence-corrected chi connectivity index (χ2v) is 5.11. The van der Waals surface area contributed by atoms with Crippen molar-refractivity contribution in [3.8, 4) is 0 Å². The van der Waals surface area contributed by atoms with Crippen LogP contribution in [0.25, 0.3) is 0 Å². The van der Waals surface area contributed by atoms with Gasteiger partial charge in [0.2, 0.25) is 0 Å². The van der Waals surface area contributed by atoms with Crippen LogP contribution < -0.4 is 5.32 Å². The Kier molecular flexibility index (Phi) is 5.06. The Morgan fingerprint density at radius 1 is 1.47 bits per heavy atom. The number of carboxylic acid groups (broad SMARTS) is 1. The van der Waals surface area contributed by atoms with Crippen molar-refractivity contribution >= 4 is 21.9 Å². The maximum Gasteiger partial charge on any atom is 0.407 e. The first-order chi connectivity index (χ1) is 6.77. The van der Waals surface area contributed by atoms with Crippen molar-refractivity contribution in [3.05, 3.63) is 0 Å². The summed E-state index contributed by atoms with van der Waals surface area (Å²) in [4.78, 5) is 21.0. The van der Waals surface area contributed by atoms with Crippen molar-refractivity contribution in [2.24, 2.45) is 0 Å². The minimum Gasteiger partial charge on any atom is -0.481 e. The zero-order valence-corrected chi connectivity index (χ0v) is 9.20. The Balaban J connectivity index is 4.47. The molecule has 0 saturated carbocycles. The van der Waals surface area contributed by atoms with E-state index >= 15 is 0 Å². The minimum atomic E-state index is -3.54. The average Bonchev–Trinajstić information content (AvgIpc) is 2.09. The van der Waals surface area contributed by atoms with Gasteiger partial charge in [0, 0.05) is 12.7 Å². The van der Waals surface area contributed by atoms with E-state index in [2.05, 4.69) is 4.74 Å². The molecule has 1 unspecified atom stereocenters. The Hall–Kier alpha value is -1.31. The fraction of sp³-hybridized carbons (Fsp3) is 0.714. The number of sulfone groups is 1. The Labute approximate surface area is 87.3 Å². The molecule has 0 spiro atoms. The molecule has 0 aliphatic heterocycles. The van der Waals surface area contributed by atoms with E-state index in [-0.39, 0.29) is 12.8 Å². The Bertz CT molecular complexity index is 335. The molecule has 8 heteroatoms. The second kappa shape index (κ2) is 5.54. The van der Waals surface area contributed by atoms with Crippen LogP contribution in [-0.4, -0.2) is 44.3 Å². The SMILES string of the molecule is COC(=O)NC(CCC(=O)O)S(C)(=O)=O. The highest BCUT2D eigenvalue weighted by Gasteiger charge is 2.23. The van der Waals surface area contributed by atoms with Gasteiger partial charge in [-0.05, 0) is 6.42 Å². The lowest BCUT2D eigenvalue weighted by Crippen LogP contribution is -2.40. The number of methoxy groups -OCH3 is 1. The molecule has 0 radical (unpaired) electrons. The van der Waals surface area contributed by atoms with Crippen molar-refractivity contribution in [2.75, 3.05) is 13.4 Å². The predicted molar refractivity (Wildman–Crippen MR) is 51.0 cm³/mol. The van der Waals surface area contributed by atoms with Gasteiger partial charge in [-0.2, -0.15) is 0 Å². The molecule has 0 rings (SSSR count). The lowest BCUT2D eigenvalue weighted by Gasteiger charge is -2.14. The third kappa shape index (κ3) is 5.89. The molecule has 0 aromatic rings. The largest absolute Gasteiger partial charge is 0.481 e. The smallest absolute Gasteiger partial charge is 0.407 e. The number of aliphatic carboxylic acids is 1. The van der Waals surface area contributed by atoms with E-state index in [1.54, 1.807) is 0 Å². The summed E-state index contributed by atoms with van der Waals surface area (Å²) in [5.41, 5.74) is 0. The Morgan fingerprint density at radius 3 is 2.33 bits per heavy atom. The highest BCUT2D eigenvalue weighted by Crippen LogP contribution is 2.04. The number of carbonyl (C=O) groups is 2. The van der Waals surface area contributed by atoms with Crippen LogP contribution in [0.2, 0.25) is 0 Å². The van der Waals surface area contributed by atoms with Crippen LogP contribution in [0.4, 0.5) is 4.79 Å². The van der Waals surface area contributed by atoms with Crippen molar-refractivity contribution in [1.82, 2.24) is 5.32 Å². The normalized spacial score (nSPS) is 12.9. The molecule has 88 valence electrons. The topological polar surface area (TPSA) is 110 Å². The van der Waals surface area contributed by atoms with Gasteiger partial charge in [-0.1, -0.05) is 0 Å². The van der Waals surface area contributed by atoms with Crippen molar-refractivity contribution < 1.29 is 27.9 Å². The summed E-state index contributed by atoms with van der Waals surface area (Å²) < 4.78 is 26.5. The summed E-state index contributed by atoms with van der Waals surface area (Å²) in [6, 6.07) is 0. The molecular formula is C7H13NO6S. The molecule has 0 aliphatic carbocycles. The first-order valence-corrected chi connectivity index (χ1v) is 5.98. The van der Waals surface area contributed by atoms with Gasteiger partial charge in [0.05, 0.1) is 7.11 Å². The minimum absolute atomic E-state index is 0.191. The third-order valence-electron chi connectivity index (χ3n) is 1.60. The quantitative estimate of drug-likeness (QED) is 0.674. The van der Waals surface area contributed by atoms with E-state index in [1.165, 1.54) is 0 Å². The van der Waals surface area contributed by atoms with Crippen LogP contribution in [0.5, 0.6) is 0 Å². The highest BCUT2D eigenvalue weighted by atomic mass is 32.2. The highest BCUT2D eigenvalue weighted by molar-refractivity contribution is 7.91. The summed E-state index contributed by atoms with van der Waals surface area (Å²) in [6.45, 7) is 0. The van der Waals surface area contributed by atoms with Crippen molar-refractivity contribution in [3.63, 3.8) is 0 Å². The van der Waals surface area contributed by atoms with Crippen LogP contribution >= 0.6 is 0 Å². The van der Waals surface area contributed by atoms with Crippen LogP contribution in [0.3, 0.4) is 0 Å². The number of alkyl carbamates (subject to hydrolysis) is 1. The summed E-state index contributed by atoms with van der Waals surface area (Å²) >= 11 is 0. The standard InChI is InChI=1S/C7H13NO6S/c1-14-7(11)8-5(15(2,12)13)3-4-6(9)10/h5H,3-4H2,1-2H3,(H,8,11)(H,9,10). The van der Waals surface area contributed by atoms with Crippen LogP contribution in [0, 0.1) is 0 Å². The van der Waals surface area contributed by atoms with Gasteiger partial charge in [-0.25, -0.2) is 13.2 Å². The monoisotopic (exact) mass is 239 g/mol. The Morgan fingerprint density at radius 2 is 2.00 bits per heavy atom. The van der Waals surface area contributed by atoms with Crippen molar-refractivity contribution in [2.45, 2.75) is 18.2 Å². The predicted octanol–water partition coefficient (Wildman–Crippen LogP) is -0.422. The molecule has 0 saturated heterocycles. The van der Waals surface area contributed by atoms with Gasteiger partial charge in [-0.15, -0.1) is 0 Å². The second-order valence-electron chi connectivity index (χ2n) is 2.89. The molecular weight excluding hydrogens is 226 g/mol. The van der Waals surface area contributed by atoms with Crippen LogP contribution in [0.1, 0.15) is 12.8 Å². The molecule has 1 atom stereocenters. The number of amides is 1. The first-order valence-electron chi connectivity index (χ1n) is 4.02. The molecule has 1 amide bonds. The number of hydrogen-bond acceptors (Lipinski definition) is 5. The number of hydrogen-bond donors (Lipinski definition) is 2. The first kappa shape index (κ1) is 13.7. The summed E-state index contributed by atoms with van der Waals surface area (Å²) in [5, 5.41) is 9.20. The molecule has 0 aromatic heterocycles. The molecule has 2 N–H and O–H groups in total. The maximum atomic E-state index is 11.1. The van der Waals surface area contributed by atoms with Crippen molar-refractivity contribution in [1.29, 1.82) is 0 Å². The van der Waals surface area contributed by atoms with E-state index in [9.17, 15) is 18.0 Å². The third-order valence-corrected chi connectivity index (χ3v) is 2.99. The number of carbonyl (C=O) groups excluding carboxylic acids is 1. The van der Waals surface area contributed by atoms with Gasteiger partial charge < -0.3 is 15.2 Å². The summed E-state index contributed by atoms with van der Waals surface area (Å²) in [6.07, 6.45) is -0.531. The average molecular weight is 239 g/mol. The van der Waals surface area contributed by atoms with Gasteiger partial charge in [0.1, 0.15) is 5.37 Å². The molecule has 7 nitrogen and oxygen atoms in total. The number of nitrogens with one attached hydrogen (secondary N) is 1. The molecule has 0 bridgehead atoms. The fourth-order valence-electron chi connectivity index (χ4n) is 0.838. The lowest BCUT2D eigenvalue weighted by molar-refractivity contribution is -0.137. The zero-order chi connectivity index (χ0) is 12.1. The van der Waals surface area contributed by atoms with E-state index < -0.39 is 27.3 Å². The molecule has 0 aliphatic rings. The molecule has 0 heterocycles. The summed E-state index contributed by atoms with van der Waals surface area (Å²) in [7, 11) is -2.45. The lowest BCUT2D eigenvalue weighted by atomic mass is 10.3. The van der Waals surface area contributed by atoms with Crippen LogP contribution in [-0.2, 0) is 19.4 Å².